The quantitative estimate of drug-likeness (QED) is 0.786. The predicted molar refractivity (Wildman–Crippen MR) is 75.1 cm³/mol. The van der Waals surface area contributed by atoms with Gasteiger partial charge in [0.25, 0.3) is 10.2 Å². The highest BCUT2D eigenvalue weighted by atomic mass is 32.2. The van der Waals surface area contributed by atoms with Crippen LogP contribution in [0, 0.1) is 12.8 Å². The topological polar surface area (TPSA) is 87.5 Å². The lowest BCUT2D eigenvalue weighted by Gasteiger charge is -2.30. The standard InChI is InChI=1S/C12H22N4O3S/c1-10-12(6-13-15(10)2)7-14-20(18,19)16-5-3-4-11(8-16)9-17/h6,11,14,17H,3-5,7-9H2,1-2H3. The van der Waals surface area contributed by atoms with Crippen molar-refractivity contribution < 1.29 is 13.5 Å². The van der Waals surface area contributed by atoms with Crippen molar-refractivity contribution in [2.24, 2.45) is 13.0 Å². The summed E-state index contributed by atoms with van der Waals surface area (Å²) in [5, 5.41) is 13.3. The van der Waals surface area contributed by atoms with Crippen molar-refractivity contribution >= 4 is 10.2 Å². The molecule has 20 heavy (non-hydrogen) atoms. The maximum atomic E-state index is 12.2. The number of hydrogen-bond acceptors (Lipinski definition) is 4. The highest BCUT2D eigenvalue weighted by molar-refractivity contribution is 7.87. The van der Waals surface area contributed by atoms with Crippen LogP contribution in [0.25, 0.3) is 0 Å². The minimum absolute atomic E-state index is 0.0354. The van der Waals surface area contributed by atoms with Crippen molar-refractivity contribution in [3.63, 3.8) is 0 Å². The van der Waals surface area contributed by atoms with Crippen molar-refractivity contribution in [3.05, 3.63) is 17.5 Å². The van der Waals surface area contributed by atoms with Crippen LogP contribution in [0.15, 0.2) is 6.20 Å². The molecule has 1 fully saturated rings. The molecule has 2 N–H and O–H groups in total. The third-order valence-electron chi connectivity index (χ3n) is 3.86. The SMILES string of the molecule is Cc1c(CNS(=O)(=O)N2CCCC(CO)C2)cnn1C. The number of nitrogens with one attached hydrogen (secondary N) is 1. The molecule has 0 aliphatic carbocycles. The van der Waals surface area contributed by atoms with Crippen LogP contribution >= 0.6 is 0 Å². The lowest BCUT2D eigenvalue weighted by molar-refractivity contribution is 0.164. The van der Waals surface area contributed by atoms with E-state index in [-0.39, 0.29) is 19.1 Å². The molecule has 7 nitrogen and oxygen atoms in total. The molecule has 1 saturated heterocycles. The molecule has 1 aliphatic rings. The zero-order valence-electron chi connectivity index (χ0n) is 11.9. The molecular weight excluding hydrogens is 280 g/mol. The van der Waals surface area contributed by atoms with Gasteiger partial charge in [-0.3, -0.25) is 4.68 Å². The molecule has 0 bridgehead atoms. The zero-order valence-corrected chi connectivity index (χ0v) is 12.7. The van der Waals surface area contributed by atoms with Crippen molar-refractivity contribution in [2.45, 2.75) is 26.3 Å². The zero-order chi connectivity index (χ0) is 14.8. The van der Waals surface area contributed by atoms with Crippen molar-refractivity contribution in [2.75, 3.05) is 19.7 Å². The second-order valence-corrected chi connectivity index (χ2v) is 7.01. The average molecular weight is 302 g/mol. The van der Waals surface area contributed by atoms with Crippen LogP contribution in [0.4, 0.5) is 0 Å². The summed E-state index contributed by atoms with van der Waals surface area (Å²) in [4.78, 5) is 0. The molecule has 8 heteroatoms. The van der Waals surface area contributed by atoms with E-state index in [1.165, 1.54) is 4.31 Å². The van der Waals surface area contributed by atoms with Gasteiger partial charge in [-0.1, -0.05) is 0 Å². The molecule has 0 saturated carbocycles. The second kappa shape index (κ2) is 6.21. The fraction of sp³-hybridized carbons (Fsp3) is 0.750. The van der Waals surface area contributed by atoms with E-state index in [1.807, 2.05) is 14.0 Å². The maximum Gasteiger partial charge on any atom is 0.279 e. The van der Waals surface area contributed by atoms with Crippen molar-refractivity contribution in [1.82, 2.24) is 18.8 Å². The summed E-state index contributed by atoms with van der Waals surface area (Å²) in [6, 6.07) is 0. The molecular formula is C12H22N4O3S. The van der Waals surface area contributed by atoms with Crippen LogP contribution < -0.4 is 4.72 Å². The number of aliphatic hydroxyl groups excluding tert-OH is 1. The second-order valence-electron chi connectivity index (χ2n) is 5.25. The van der Waals surface area contributed by atoms with Gasteiger partial charge < -0.3 is 5.11 Å². The normalized spacial score (nSPS) is 21.2. The van der Waals surface area contributed by atoms with E-state index in [0.717, 1.165) is 24.1 Å². The van der Waals surface area contributed by atoms with E-state index in [2.05, 4.69) is 9.82 Å². The van der Waals surface area contributed by atoms with Crippen LogP contribution in [0.5, 0.6) is 0 Å². The third-order valence-corrected chi connectivity index (χ3v) is 5.38. The first kappa shape index (κ1) is 15.4. The van der Waals surface area contributed by atoms with E-state index in [9.17, 15) is 8.42 Å². The molecule has 0 amide bonds. The van der Waals surface area contributed by atoms with E-state index >= 15 is 0 Å². The van der Waals surface area contributed by atoms with E-state index in [0.29, 0.717) is 13.1 Å². The van der Waals surface area contributed by atoms with Gasteiger partial charge in [-0.05, 0) is 25.7 Å². The largest absolute Gasteiger partial charge is 0.396 e. The third kappa shape index (κ3) is 3.38. The molecule has 0 aromatic carbocycles. The Morgan fingerprint density at radius 3 is 2.90 bits per heavy atom. The molecule has 2 heterocycles. The lowest BCUT2D eigenvalue weighted by Crippen LogP contribution is -2.46. The number of nitrogens with zero attached hydrogens (tertiary/aromatic N) is 3. The van der Waals surface area contributed by atoms with Gasteiger partial charge in [-0.25, -0.2) is 0 Å². The summed E-state index contributed by atoms with van der Waals surface area (Å²) in [6.45, 7) is 3.07. The molecule has 2 rings (SSSR count). The fourth-order valence-electron chi connectivity index (χ4n) is 2.37. The molecule has 1 atom stereocenters. The van der Waals surface area contributed by atoms with E-state index in [4.69, 9.17) is 5.11 Å². The van der Waals surface area contributed by atoms with Crippen molar-refractivity contribution in [1.29, 1.82) is 0 Å². The molecule has 0 radical (unpaired) electrons. The molecule has 1 unspecified atom stereocenters. The summed E-state index contributed by atoms with van der Waals surface area (Å²) >= 11 is 0. The number of aryl methyl sites for hydroxylation is 1. The van der Waals surface area contributed by atoms with Crippen LogP contribution in [-0.4, -0.2) is 47.3 Å². The van der Waals surface area contributed by atoms with Gasteiger partial charge in [0.15, 0.2) is 0 Å². The number of rotatable bonds is 5. The number of aromatic nitrogens is 2. The van der Waals surface area contributed by atoms with E-state index < -0.39 is 10.2 Å². The van der Waals surface area contributed by atoms with Gasteiger partial charge in [0.1, 0.15) is 0 Å². The first-order valence-electron chi connectivity index (χ1n) is 6.77. The Bertz CT molecular complexity index is 555. The first-order valence-corrected chi connectivity index (χ1v) is 8.21. The van der Waals surface area contributed by atoms with E-state index in [1.54, 1.807) is 10.9 Å². The molecule has 1 aromatic rings. The summed E-state index contributed by atoms with van der Waals surface area (Å²) in [6.07, 6.45) is 3.34. The van der Waals surface area contributed by atoms with Gasteiger partial charge in [-0.15, -0.1) is 0 Å². The highest BCUT2D eigenvalue weighted by Gasteiger charge is 2.28. The smallest absolute Gasteiger partial charge is 0.279 e. The summed E-state index contributed by atoms with van der Waals surface area (Å²) in [5.74, 6) is 0.0421. The first-order chi connectivity index (χ1) is 9.44. The number of aliphatic hydroxyl groups is 1. The maximum absolute atomic E-state index is 12.2. The fourth-order valence-corrected chi connectivity index (χ4v) is 3.67. The summed E-state index contributed by atoms with van der Waals surface area (Å²) in [7, 11) is -1.67. The van der Waals surface area contributed by atoms with Gasteiger partial charge >= 0.3 is 0 Å². The number of hydrogen-bond donors (Lipinski definition) is 2. The molecule has 114 valence electrons. The Hall–Kier alpha value is -0.960. The molecule has 1 aliphatic heterocycles. The minimum Gasteiger partial charge on any atom is -0.396 e. The monoisotopic (exact) mass is 302 g/mol. The van der Waals surface area contributed by atoms with Crippen molar-refractivity contribution in [3.8, 4) is 0 Å². The molecule has 1 aromatic heterocycles. The highest BCUT2D eigenvalue weighted by Crippen LogP contribution is 2.18. The van der Waals surface area contributed by atoms with Crippen LogP contribution in [-0.2, 0) is 23.8 Å². The van der Waals surface area contributed by atoms with Gasteiger partial charge in [0, 0.05) is 44.5 Å². The minimum atomic E-state index is -3.50. The Balaban J connectivity index is 1.98. The summed E-state index contributed by atoms with van der Waals surface area (Å²) in [5.41, 5.74) is 1.81. The molecule has 0 spiro atoms. The lowest BCUT2D eigenvalue weighted by atomic mass is 10.0. The number of piperidine rings is 1. The average Bonchev–Trinajstić information content (AvgIpc) is 2.77. The summed E-state index contributed by atoms with van der Waals surface area (Å²) < 4.78 is 30.2. The Kier molecular flexibility index (Phi) is 4.79. The van der Waals surface area contributed by atoms with Gasteiger partial charge in [-0.2, -0.15) is 22.5 Å². The predicted octanol–water partition coefficient (Wildman–Crippen LogP) is -0.233. The Labute approximate surface area is 119 Å². The van der Waals surface area contributed by atoms with Gasteiger partial charge in [0.05, 0.1) is 6.20 Å². The Morgan fingerprint density at radius 2 is 2.30 bits per heavy atom. The van der Waals surface area contributed by atoms with Crippen LogP contribution in [0.2, 0.25) is 0 Å². The Morgan fingerprint density at radius 1 is 1.55 bits per heavy atom. The van der Waals surface area contributed by atoms with Crippen LogP contribution in [0.3, 0.4) is 0 Å². The van der Waals surface area contributed by atoms with Crippen LogP contribution in [0.1, 0.15) is 24.1 Å². The van der Waals surface area contributed by atoms with Gasteiger partial charge in [0.2, 0.25) is 0 Å².